The van der Waals surface area contributed by atoms with Crippen LogP contribution >= 0.6 is 0 Å². The summed E-state index contributed by atoms with van der Waals surface area (Å²) in [5, 5.41) is 0. The van der Waals surface area contributed by atoms with E-state index in [1.807, 2.05) is 12.1 Å². The van der Waals surface area contributed by atoms with Gasteiger partial charge in [0.1, 0.15) is 21.3 Å². The van der Waals surface area contributed by atoms with Gasteiger partial charge in [-0.2, -0.15) is 13.2 Å². The predicted molar refractivity (Wildman–Crippen MR) is 136 cm³/mol. The van der Waals surface area contributed by atoms with E-state index in [4.69, 9.17) is 4.74 Å². The summed E-state index contributed by atoms with van der Waals surface area (Å²) in [5.74, 6) is 0.335. The second-order valence-electron chi connectivity index (χ2n) is 9.96. The minimum atomic E-state index is -4.45. The van der Waals surface area contributed by atoms with Crippen molar-refractivity contribution in [2.75, 3.05) is 31.6 Å². The lowest BCUT2D eigenvalue weighted by Crippen LogP contribution is -2.39. The van der Waals surface area contributed by atoms with Gasteiger partial charge in [0.25, 0.3) is 0 Å². The van der Waals surface area contributed by atoms with Gasteiger partial charge in [-0.3, -0.25) is 9.59 Å². The first-order chi connectivity index (χ1) is 17.8. The molecule has 0 atom stereocenters. The molecular formula is C27H31F3N2O5S. The number of sulfone groups is 1. The Morgan fingerprint density at radius 3 is 2.24 bits per heavy atom. The Morgan fingerprint density at radius 2 is 1.66 bits per heavy atom. The summed E-state index contributed by atoms with van der Waals surface area (Å²) in [7, 11) is -3.28. The third-order valence-electron chi connectivity index (χ3n) is 7.21. The van der Waals surface area contributed by atoms with Gasteiger partial charge >= 0.3 is 6.18 Å². The van der Waals surface area contributed by atoms with E-state index in [-0.39, 0.29) is 35.7 Å². The average Bonchev–Trinajstić information content (AvgIpc) is 2.86. The number of benzene rings is 2. The zero-order chi connectivity index (χ0) is 27.7. The van der Waals surface area contributed by atoms with Crippen LogP contribution in [0.1, 0.15) is 54.4 Å². The SMILES string of the molecule is CC(=O)N1CCC(c2c(Oc3ccc(C(F)(F)F)cc3)ccc3c2CN(C(=O)CCS(C)(=O)=O)CC3)CC1. The molecule has 0 saturated carbocycles. The monoisotopic (exact) mass is 552 g/mol. The number of carbonyl (C=O) groups excluding carboxylic acids is 2. The number of nitrogens with zero attached hydrogens (tertiary/aromatic N) is 2. The van der Waals surface area contributed by atoms with Crippen molar-refractivity contribution in [1.82, 2.24) is 9.80 Å². The van der Waals surface area contributed by atoms with Crippen molar-refractivity contribution in [1.29, 1.82) is 0 Å². The highest BCUT2D eigenvalue weighted by molar-refractivity contribution is 7.90. The van der Waals surface area contributed by atoms with E-state index in [1.54, 1.807) is 9.80 Å². The van der Waals surface area contributed by atoms with E-state index in [2.05, 4.69) is 0 Å². The Balaban J connectivity index is 1.65. The van der Waals surface area contributed by atoms with Crippen LogP contribution in [0.3, 0.4) is 0 Å². The molecule has 11 heteroatoms. The van der Waals surface area contributed by atoms with E-state index < -0.39 is 21.6 Å². The molecule has 0 unspecified atom stereocenters. The summed E-state index contributed by atoms with van der Waals surface area (Å²) in [5.41, 5.74) is 2.11. The molecule has 0 bridgehead atoms. The normalized spacial score (nSPS) is 16.8. The standard InChI is InChI=1S/C27H31F3N2O5S/c1-18(33)31-13-10-20(11-14-31)26-23-17-32(25(34)12-16-38(2,35)36)15-9-19(23)3-8-24(26)37-22-6-4-21(5-7-22)27(28,29)30/h3-8,20H,9-17H2,1-2H3. The van der Waals surface area contributed by atoms with Crippen LogP contribution in [0.2, 0.25) is 0 Å². The molecule has 2 aromatic carbocycles. The number of hydrogen-bond donors (Lipinski definition) is 0. The number of alkyl halides is 3. The summed E-state index contributed by atoms with van der Waals surface area (Å²) in [6, 6.07) is 8.25. The van der Waals surface area contributed by atoms with Crippen molar-refractivity contribution in [3.8, 4) is 11.5 Å². The minimum Gasteiger partial charge on any atom is -0.457 e. The molecule has 7 nitrogen and oxygen atoms in total. The maximum atomic E-state index is 13.0. The molecule has 0 spiro atoms. The fourth-order valence-electron chi connectivity index (χ4n) is 5.14. The largest absolute Gasteiger partial charge is 0.457 e. The molecule has 38 heavy (non-hydrogen) atoms. The zero-order valence-electron chi connectivity index (χ0n) is 21.4. The van der Waals surface area contributed by atoms with Crippen LogP contribution in [0.5, 0.6) is 11.5 Å². The van der Waals surface area contributed by atoms with E-state index in [9.17, 15) is 31.2 Å². The first-order valence-corrected chi connectivity index (χ1v) is 14.6. The summed E-state index contributed by atoms with van der Waals surface area (Å²) < 4.78 is 68.3. The van der Waals surface area contributed by atoms with Gasteiger partial charge in [-0.25, -0.2) is 8.42 Å². The van der Waals surface area contributed by atoms with Crippen LogP contribution < -0.4 is 4.74 Å². The van der Waals surface area contributed by atoms with Crippen LogP contribution in [0, 0.1) is 0 Å². The van der Waals surface area contributed by atoms with Crippen LogP contribution in [0.4, 0.5) is 13.2 Å². The van der Waals surface area contributed by atoms with E-state index in [0.29, 0.717) is 51.2 Å². The highest BCUT2D eigenvalue weighted by Crippen LogP contribution is 2.42. The lowest BCUT2D eigenvalue weighted by molar-refractivity contribution is -0.137. The number of rotatable bonds is 6. The molecule has 206 valence electrons. The van der Waals surface area contributed by atoms with Gasteiger partial charge < -0.3 is 14.5 Å². The molecule has 0 radical (unpaired) electrons. The first-order valence-electron chi connectivity index (χ1n) is 12.5. The number of amides is 2. The van der Waals surface area contributed by atoms with Crippen LogP contribution in [0.25, 0.3) is 0 Å². The van der Waals surface area contributed by atoms with Gasteiger partial charge in [-0.05, 0) is 66.6 Å². The summed E-state index contributed by atoms with van der Waals surface area (Å²) in [6.07, 6.45) is -1.49. The molecule has 1 fully saturated rings. The Kier molecular flexibility index (Phi) is 8.06. The molecule has 0 aromatic heterocycles. The highest BCUT2D eigenvalue weighted by Gasteiger charge is 2.32. The molecule has 2 aliphatic rings. The van der Waals surface area contributed by atoms with Crippen molar-refractivity contribution in [2.24, 2.45) is 0 Å². The van der Waals surface area contributed by atoms with Gasteiger partial charge in [0, 0.05) is 51.3 Å². The number of carbonyl (C=O) groups is 2. The number of likely N-dealkylation sites (tertiary alicyclic amines) is 1. The first kappa shape index (κ1) is 27.9. The number of ether oxygens (including phenoxy) is 1. The Morgan fingerprint density at radius 1 is 1.00 bits per heavy atom. The fraction of sp³-hybridized carbons (Fsp3) is 0.481. The molecule has 1 saturated heterocycles. The topological polar surface area (TPSA) is 84.0 Å². The smallest absolute Gasteiger partial charge is 0.416 e. The highest BCUT2D eigenvalue weighted by atomic mass is 32.2. The molecule has 2 amide bonds. The van der Waals surface area contributed by atoms with Crippen molar-refractivity contribution in [2.45, 2.75) is 51.2 Å². The third-order valence-corrected chi connectivity index (χ3v) is 8.16. The summed E-state index contributed by atoms with van der Waals surface area (Å²) >= 11 is 0. The number of halogens is 3. The van der Waals surface area contributed by atoms with Gasteiger partial charge in [-0.1, -0.05) is 6.07 Å². The zero-order valence-corrected chi connectivity index (χ0v) is 22.2. The van der Waals surface area contributed by atoms with Crippen molar-refractivity contribution in [3.05, 3.63) is 58.7 Å². The van der Waals surface area contributed by atoms with Gasteiger partial charge in [0.05, 0.1) is 11.3 Å². The van der Waals surface area contributed by atoms with E-state index >= 15 is 0 Å². The number of hydrogen-bond acceptors (Lipinski definition) is 5. The minimum absolute atomic E-state index is 0.00224. The third kappa shape index (κ3) is 6.67. The molecule has 2 aliphatic heterocycles. The molecular weight excluding hydrogens is 521 g/mol. The van der Waals surface area contributed by atoms with E-state index in [1.165, 1.54) is 19.1 Å². The molecule has 4 rings (SSSR count). The van der Waals surface area contributed by atoms with Crippen molar-refractivity contribution < 1.29 is 35.9 Å². The van der Waals surface area contributed by atoms with Crippen molar-refractivity contribution in [3.63, 3.8) is 0 Å². The second-order valence-corrected chi connectivity index (χ2v) is 12.2. The quantitative estimate of drug-likeness (QED) is 0.526. The predicted octanol–water partition coefficient (Wildman–Crippen LogP) is 4.54. The van der Waals surface area contributed by atoms with E-state index in [0.717, 1.165) is 35.1 Å². The van der Waals surface area contributed by atoms with Gasteiger partial charge in [-0.15, -0.1) is 0 Å². The number of fused-ring (bicyclic) bond motifs is 1. The van der Waals surface area contributed by atoms with Crippen LogP contribution in [-0.2, 0) is 38.6 Å². The van der Waals surface area contributed by atoms with Crippen molar-refractivity contribution >= 4 is 21.7 Å². The molecule has 0 aliphatic carbocycles. The summed E-state index contributed by atoms with van der Waals surface area (Å²) in [4.78, 5) is 28.1. The Bertz CT molecular complexity index is 1300. The molecule has 0 N–H and O–H groups in total. The van der Waals surface area contributed by atoms with Crippen LogP contribution in [-0.4, -0.2) is 61.7 Å². The maximum absolute atomic E-state index is 13.0. The fourth-order valence-corrected chi connectivity index (χ4v) is 5.68. The van der Waals surface area contributed by atoms with Gasteiger partial charge in [0.15, 0.2) is 0 Å². The number of piperidine rings is 1. The van der Waals surface area contributed by atoms with Crippen LogP contribution in [0.15, 0.2) is 36.4 Å². The lowest BCUT2D eigenvalue weighted by Gasteiger charge is -2.36. The lowest BCUT2D eigenvalue weighted by atomic mass is 9.82. The second kappa shape index (κ2) is 11.0. The Hall–Kier alpha value is -3.08. The van der Waals surface area contributed by atoms with Gasteiger partial charge in [0.2, 0.25) is 11.8 Å². The molecule has 2 aromatic rings. The summed E-state index contributed by atoms with van der Waals surface area (Å²) in [6.45, 7) is 3.44. The molecule has 2 heterocycles. The maximum Gasteiger partial charge on any atom is 0.416 e. The average molecular weight is 553 g/mol. The Labute approximate surface area is 220 Å².